The molecule has 0 fully saturated rings. The summed E-state index contributed by atoms with van der Waals surface area (Å²) in [7, 11) is 3.22. The number of hydrogen-bond donors (Lipinski definition) is 1. The average molecular weight is 377 g/mol. The molecule has 0 radical (unpaired) electrons. The molecule has 1 unspecified atom stereocenters. The molecule has 0 aliphatic carbocycles. The molecule has 3 aromatic rings. The second-order valence-corrected chi connectivity index (χ2v) is 7.07. The van der Waals surface area contributed by atoms with Crippen LogP contribution >= 0.6 is 0 Å². The van der Waals surface area contributed by atoms with Gasteiger partial charge in [-0.3, -0.25) is 4.79 Å². The highest BCUT2D eigenvalue weighted by atomic mass is 16.5. The van der Waals surface area contributed by atoms with Gasteiger partial charge in [-0.15, -0.1) is 0 Å². The fraction of sp³-hybridized carbons (Fsp3) is 0.273. The van der Waals surface area contributed by atoms with Crippen LogP contribution < -0.4 is 14.8 Å². The first-order chi connectivity index (χ1) is 13.5. The van der Waals surface area contributed by atoms with Crippen molar-refractivity contribution in [2.24, 2.45) is 0 Å². The van der Waals surface area contributed by atoms with E-state index in [0.717, 1.165) is 33.8 Å². The zero-order valence-electron chi connectivity index (χ0n) is 16.4. The van der Waals surface area contributed by atoms with Crippen LogP contribution in [-0.4, -0.2) is 29.9 Å². The van der Waals surface area contributed by atoms with Gasteiger partial charge in [0.05, 0.1) is 26.1 Å². The van der Waals surface area contributed by atoms with Crippen molar-refractivity contribution in [3.05, 3.63) is 64.8 Å². The minimum Gasteiger partial charge on any atom is -0.493 e. The normalized spacial score (nSPS) is 15.7. The summed E-state index contributed by atoms with van der Waals surface area (Å²) in [5.41, 5.74) is 5.19. The molecule has 4 rings (SSSR count). The number of benzene rings is 2. The molecule has 1 amide bonds. The van der Waals surface area contributed by atoms with E-state index in [4.69, 9.17) is 9.47 Å². The highest BCUT2D eigenvalue weighted by molar-refractivity contribution is 5.94. The number of fused-ring (bicyclic) bond motifs is 1. The number of carbonyl (C=O) groups is 1. The largest absolute Gasteiger partial charge is 0.493 e. The molecular weight excluding hydrogens is 354 g/mol. The Morgan fingerprint density at radius 3 is 2.61 bits per heavy atom. The maximum absolute atomic E-state index is 12.5. The lowest BCUT2D eigenvalue weighted by molar-refractivity contribution is -0.116. The van der Waals surface area contributed by atoms with E-state index in [1.54, 1.807) is 14.2 Å². The minimum atomic E-state index is -0.0950. The summed E-state index contributed by atoms with van der Waals surface area (Å²) in [4.78, 5) is 12.5. The number of amides is 1. The standard InChI is InChI=1S/C22H23N3O3/c1-13-5-6-14(2)18(9-13)25-22-17(12-23-25)16(11-21(26)24-22)15-7-8-19(27-3)20(10-15)28-4/h5-10,12,16H,11H2,1-4H3,(H,24,26). The molecule has 6 nitrogen and oxygen atoms in total. The number of carbonyl (C=O) groups excluding carboxylic acids is 1. The van der Waals surface area contributed by atoms with Crippen LogP contribution in [0.5, 0.6) is 11.5 Å². The van der Waals surface area contributed by atoms with Gasteiger partial charge in [0.15, 0.2) is 11.5 Å². The third kappa shape index (κ3) is 3.01. The van der Waals surface area contributed by atoms with Crippen molar-refractivity contribution >= 4 is 11.7 Å². The van der Waals surface area contributed by atoms with E-state index in [1.165, 1.54) is 0 Å². The molecule has 28 heavy (non-hydrogen) atoms. The molecular formula is C22H23N3O3. The Kier molecular flexibility index (Phi) is 4.55. The van der Waals surface area contributed by atoms with Crippen LogP contribution in [0.3, 0.4) is 0 Å². The minimum absolute atomic E-state index is 0.0284. The van der Waals surface area contributed by atoms with Gasteiger partial charge in [-0.25, -0.2) is 4.68 Å². The Balaban J connectivity index is 1.82. The van der Waals surface area contributed by atoms with Gasteiger partial charge in [0.2, 0.25) is 5.91 Å². The average Bonchev–Trinajstić information content (AvgIpc) is 3.12. The lowest BCUT2D eigenvalue weighted by Gasteiger charge is -2.24. The molecule has 0 bridgehead atoms. The molecule has 1 atom stereocenters. The second-order valence-electron chi connectivity index (χ2n) is 7.07. The number of hydrogen-bond acceptors (Lipinski definition) is 4. The van der Waals surface area contributed by atoms with E-state index in [0.29, 0.717) is 17.9 Å². The van der Waals surface area contributed by atoms with Gasteiger partial charge >= 0.3 is 0 Å². The predicted molar refractivity (Wildman–Crippen MR) is 108 cm³/mol. The Hall–Kier alpha value is -3.28. The van der Waals surface area contributed by atoms with Gasteiger partial charge in [-0.05, 0) is 48.7 Å². The number of anilines is 1. The number of methoxy groups -OCH3 is 2. The summed E-state index contributed by atoms with van der Waals surface area (Å²) >= 11 is 0. The van der Waals surface area contributed by atoms with E-state index < -0.39 is 0 Å². The Bertz CT molecular complexity index is 1060. The predicted octanol–water partition coefficient (Wildman–Crippen LogP) is 3.98. The van der Waals surface area contributed by atoms with Gasteiger partial charge in [-0.1, -0.05) is 18.2 Å². The first-order valence-corrected chi connectivity index (χ1v) is 9.19. The quantitative estimate of drug-likeness (QED) is 0.747. The van der Waals surface area contributed by atoms with Gasteiger partial charge in [0, 0.05) is 17.9 Å². The van der Waals surface area contributed by atoms with Crippen molar-refractivity contribution < 1.29 is 14.3 Å². The highest BCUT2D eigenvalue weighted by Crippen LogP contribution is 2.41. The van der Waals surface area contributed by atoms with E-state index in [-0.39, 0.29) is 11.8 Å². The molecule has 0 spiro atoms. The Morgan fingerprint density at radius 1 is 1.07 bits per heavy atom. The van der Waals surface area contributed by atoms with Crippen LogP contribution in [0.15, 0.2) is 42.6 Å². The highest BCUT2D eigenvalue weighted by Gasteiger charge is 2.31. The SMILES string of the molecule is COc1ccc(C2CC(=O)Nc3c2cnn3-c2cc(C)ccc2C)cc1OC. The van der Waals surface area contributed by atoms with Crippen LogP contribution in [0.4, 0.5) is 5.82 Å². The summed E-state index contributed by atoms with van der Waals surface area (Å²) in [5, 5.41) is 7.61. The van der Waals surface area contributed by atoms with E-state index in [2.05, 4.69) is 28.6 Å². The molecule has 0 saturated carbocycles. The topological polar surface area (TPSA) is 65.4 Å². The lowest BCUT2D eigenvalue weighted by atomic mass is 9.87. The third-order valence-corrected chi connectivity index (χ3v) is 5.22. The number of aryl methyl sites for hydroxylation is 2. The summed E-state index contributed by atoms with van der Waals surface area (Å²) in [5.74, 6) is 1.92. The van der Waals surface area contributed by atoms with Gasteiger partial charge in [0.1, 0.15) is 5.82 Å². The fourth-order valence-corrected chi connectivity index (χ4v) is 3.72. The molecule has 0 saturated heterocycles. The Morgan fingerprint density at radius 2 is 1.86 bits per heavy atom. The van der Waals surface area contributed by atoms with Crippen molar-refractivity contribution in [1.82, 2.24) is 9.78 Å². The second kappa shape index (κ2) is 7.03. The molecule has 1 aliphatic heterocycles. The van der Waals surface area contributed by atoms with Gasteiger partial charge in [-0.2, -0.15) is 5.10 Å². The Labute approximate surface area is 164 Å². The van der Waals surface area contributed by atoms with Crippen LogP contribution in [-0.2, 0) is 4.79 Å². The third-order valence-electron chi connectivity index (χ3n) is 5.22. The first kappa shape index (κ1) is 18.1. The summed E-state index contributed by atoms with van der Waals surface area (Å²) in [6, 6.07) is 12.0. The number of ether oxygens (including phenoxy) is 2. The maximum Gasteiger partial charge on any atom is 0.226 e. The van der Waals surface area contributed by atoms with Crippen molar-refractivity contribution in [2.45, 2.75) is 26.2 Å². The van der Waals surface area contributed by atoms with Gasteiger partial charge in [0.25, 0.3) is 0 Å². The van der Waals surface area contributed by atoms with Crippen LogP contribution in [0.2, 0.25) is 0 Å². The van der Waals surface area contributed by atoms with Crippen molar-refractivity contribution in [3.63, 3.8) is 0 Å². The lowest BCUT2D eigenvalue weighted by Crippen LogP contribution is -2.24. The van der Waals surface area contributed by atoms with E-state index in [1.807, 2.05) is 42.9 Å². The molecule has 6 heteroatoms. The fourth-order valence-electron chi connectivity index (χ4n) is 3.72. The van der Waals surface area contributed by atoms with Crippen LogP contribution in [0.25, 0.3) is 5.69 Å². The number of rotatable bonds is 4. The van der Waals surface area contributed by atoms with Crippen molar-refractivity contribution in [1.29, 1.82) is 0 Å². The van der Waals surface area contributed by atoms with Crippen LogP contribution in [0, 0.1) is 13.8 Å². The zero-order chi connectivity index (χ0) is 19.8. The van der Waals surface area contributed by atoms with E-state index >= 15 is 0 Å². The number of aromatic nitrogens is 2. The first-order valence-electron chi connectivity index (χ1n) is 9.19. The van der Waals surface area contributed by atoms with E-state index in [9.17, 15) is 4.79 Å². The zero-order valence-corrected chi connectivity index (χ0v) is 16.4. The summed E-state index contributed by atoms with van der Waals surface area (Å²) < 4.78 is 12.6. The van der Waals surface area contributed by atoms with Crippen molar-refractivity contribution in [2.75, 3.05) is 19.5 Å². The molecule has 2 aromatic carbocycles. The van der Waals surface area contributed by atoms with Crippen molar-refractivity contribution in [3.8, 4) is 17.2 Å². The maximum atomic E-state index is 12.5. The number of nitrogens with zero attached hydrogens (tertiary/aromatic N) is 2. The van der Waals surface area contributed by atoms with Crippen LogP contribution in [0.1, 0.15) is 34.6 Å². The smallest absolute Gasteiger partial charge is 0.226 e. The molecule has 1 N–H and O–H groups in total. The molecule has 1 aromatic heterocycles. The molecule has 2 heterocycles. The molecule has 144 valence electrons. The van der Waals surface area contributed by atoms with Gasteiger partial charge < -0.3 is 14.8 Å². The monoisotopic (exact) mass is 377 g/mol. The number of nitrogens with one attached hydrogen (secondary N) is 1. The summed E-state index contributed by atoms with van der Waals surface area (Å²) in [6.07, 6.45) is 2.21. The molecule has 1 aliphatic rings. The summed E-state index contributed by atoms with van der Waals surface area (Å²) in [6.45, 7) is 4.09.